The third-order valence-corrected chi connectivity index (χ3v) is 3.67. The first-order valence-corrected chi connectivity index (χ1v) is 7.51. The number of aromatic nitrogens is 1. The average Bonchev–Trinajstić information content (AvgIpc) is 2.46. The van der Waals surface area contributed by atoms with Crippen molar-refractivity contribution in [1.29, 1.82) is 0 Å². The second-order valence-electron chi connectivity index (χ2n) is 5.09. The third kappa shape index (κ3) is 4.19. The zero-order valence-electron chi connectivity index (χ0n) is 12.7. The summed E-state index contributed by atoms with van der Waals surface area (Å²) < 4.78 is 5.96. The van der Waals surface area contributed by atoms with Crippen LogP contribution in [0, 0.1) is 13.8 Å². The minimum absolute atomic E-state index is 0.454. The molecule has 0 unspecified atom stereocenters. The van der Waals surface area contributed by atoms with E-state index in [2.05, 4.69) is 43.2 Å². The van der Waals surface area contributed by atoms with Crippen molar-refractivity contribution >= 4 is 11.6 Å². The number of pyridine rings is 1. The average molecular weight is 305 g/mol. The summed E-state index contributed by atoms with van der Waals surface area (Å²) in [5.41, 5.74) is 4.52. The summed E-state index contributed by atoms with van der Waals surface area (Å²) in [6.45, 7) is 8.56. The van der Waals surface area contributed by atoms with Gasteiger partial charge in [-0.3, -0.25) is 4.98 Å². The fourth-order valence-corrected chi connectivity index (χ4v) is 2.48. The summed E-state index contributed by atoms with van der Waals surface area (Å²) >= 11 is 6.10. The largest absolute Gasteiger partial charge is 0.488 e. The Hall–Kier alpha value is -1.58. The molecule has 0 aliphatic heterocycles. The smallest absolute Gasteiger partial charge is 0.125 e. The van der Waals surface area contributed by atoms with Gasteiger partial charge in [-0.05, 0) is 43.1 Å². The Kier molecular flexibility index (Phi) is 5.59. The second kappa shape index (κ2) is 7.43. The predicted octanol–water partition coefficient (Wildman–Crippen LogP) is 4.04. The van der Waals surface area contributed by atoms with Gasteiger partial charge in [0, 0.05) is 24.5 Å². The molecule has 0 amide bonds. The lowest BCUT2D eigenvalue weighted by molar-refractivity contribution is 0.302. The minimum atomic E-state index is 0.454. The Bertz CT molecular complexity index is 590. The van der Waals surface area contributed by atoms with E-state index in [1.807, 2.05) is 6.07 Å². The van der Waals surface area contributed by atoms with Gasteiger partial charge < -0.3 is 10.1 Å². The van der Waals surface area contributed by atoms with Crippen LogP contribution in [0.4, 0.5) is 0 Å². The molecule has 2 aromatic rings. The van der Waals surface area contributed by atoms with Crippen molar-refractivity contribution in [1.82, 2.24) is 10.3 Å². The SMILES string of the molecule is CCNCc1cc(C)c(OCc2ccncc2Cl)c(C)c1. The standard InChI is InChI=1S/C17H21ClN2O/c1-4-19-9-14-7-12(2)17(13(3)8-14)21-11-15-5-6-20-10-16(15)18/h5-8,10,19H,4,9,11H2,1-3H3. The molecular formula is C17H21ClN2O. The molecule has 3 nitrogen and oxygen atoms in total. The van der Waals surface area contributed by atoms with Crippen molar-refractivity contribution in [3.05, 3.63) is 57.9 Å². The number of nitrogens with zero attached hydrogens (tertiary/aromatic N) is 1. The van der Waals surface area contributed by atoms with E-state index < -0.39 is 0 Å². The molecule has 0 aliphatic rings. The van der Waals surface area contributed by atoms with Gasteiger partial charge >= 0.3 is 0 Å². The summed E-state index contributed by atoms with van der Waals surface area (Å²) in [6.07, 6.45) is 3.36. The van der Waals surface area contributed by atoms with E-state index in [1.165, 1.54) is 5.56 Å². The maximum Gasteiger partial charge on any atom is 0.125 e. The van der Waals surface area contributed by atoms with Gasteiger partial charge in [0.05, 0.1) is 5.02 Å². The van der Waals surface area contributed by atoms with E-state index in [9.17, 15) is 0 Å². The number of hydrogen-bond acceptors (Lipinski definition) is 3. The van der Waals surface area contributed by atoms with Crippen molar-refractivity contribution in [2.45, 2.75) is 33.9 Å². The number of aryl methyl sites for hydroxylation is 2. The van der Waals surface area contributed by atoms with Crippen molar-refractivity contribution in [2.75, 3.05) is 6.54 Å². The zero-order valence-corrected chi connectivity index (χ0v) is 13.5. The lowest BCUT2D eigenvalue weighted by Crippen LogP contribution is -2.12. The van der Waals surface area contributed by atoms with Gasteiger partial charge in [0.1, 0.15) is 12.4 Å². The van der Waals surface area contributed by atoms with Crippen LogP contribution in [0.15, 0.2) is 30.6 Å². The van der Waals surface area contributed by atoms with Gasteiger partial charge in [-0.25, -0.2) is 0 Å². The summed E-state index contributed by atoms with van der Waals surface area (Å²) in [6, 6.07) is 6.21. The first-order valence-electron chi connectivity index (χ1n) is 7.13. The highest BCUT2D eigenvalue weighted by molar-refractivity contribution is 6.31. The highest BCUT2D eigenvalue weighted by atomic mass is 35.5. The van der Waals surface area contributed by atoms with E-state index in [0.717, 1.165) is 35.5 Å². The Morgan fingerprint density at radius 1 is 1.24 bits per heavy atom. The summed E-state index contributed by atoms with van der Waals surface area (Å²) in [7, 11) is 0. The molecule has 1 heterocycles. The van der Waals surface area contributed by atoms with Gasteiger partial charge in [-0.2, -0.15) is 0 Å². The number of rotatable bonds is 6. The molecule has 21 heavy (non-hydrogen) atoms. The molecule has 1 aromatic carbocycles. The Labute approximate surface area is 131 Å². The lowest BCUT2D eigenvalue weighted by atomic mass is 10.1. The van der Waals surface area contributed by atoms with E-state index in [-0.39, 0.29) is 0 Å². The quantitative estimate of drug-likeness (QED) is 0.874. The number of benzene rings is 1. The molecule has 0 fully saturated rings. The van der Waals surface area contributed by atoms with Crippen molar-refractivity contribution < 1.29 is 4.74 Å². The second-order valence-corrected chi connectivity index (χ2v) is 5.50. The van der Waals surface area contributed by atoms with Crippen LogP contribution in [0.3, 0.4) is 0 Å². The molecule has 0 spiro atoms. The van der Waals surface area contributed by atoms with Crippen molar-refractivity contribution in [2.24, 2.45) is 0 Å². The van der Waals surface area contributed by atoms with Crippen LogP contribution >= 0.6 is 11.6 Å². The first-order chi connectivity index (χ1) is 10.1. The zero-order chi connectivity index (χ0) is 15.2. The molecule has 112 valence electrons. The molecule has 0 aliphatic carbocycles. The molecule has 0 saturated carbocycles. The molecular weight excluding hydrogens is 284 g/mol. The number of nitrogens with one attached hydrogen (secondary N) is 1. The molecule has 1 N–H and O–H groups in total. The van der Waals surface area contributed by atoms with Crippen LogP contribution in [0.25, 0.3) is 0 Å². The Balaban J connectivity index is 2.12. The van der Waals surface area contributed by atoms with Crippen molar-refractivity contribution in [3.63, 3.8) is 0 Å². The monoisotopic (exact) mass is 304 g/mol. The van der Waals surface area contributed by atoms with E-state index in [4.69, 9.17) is 16.3 Å². The van der Waals surface area contributed by atoms with Gasteiger partial charge in [-0.15, -0.1) is 0 Å². The minimum Gasteiger partial charge on any atom is -0.488 e. The maximum atomic E-state index is 6.10. The number of halogens is 1. The van der Waals surface area contributed by atoms with Crippen LogP contribution in [0.1, 0.15) is 29.2 Å². The van der Waals surface area contributed by atoms with Crippen LogP contribution in [0.5, 0.6) is 5.75 Å². The summed E-state index contributed by atoms with van der Waals surface area (Å²) in [4.78, 5) is 3.98. The molecule has 0 bridgehead atoms. The van der Waals surface area contributed by atoms with Crippen LogP contribution in [-0.4, -0.2) is 11.5 Å². The van der Waals surface area contributed by atoms with Crippen LogP contribution in [-0.2, 0) is 13.2 Å². The number of ether oxygens (including phenoxy) is 1. The molecule has 0 radical (unpaired) electrons. The molecule has 2 rings (SSSR count). The fraction of sp³-hybridized carbons (Fsp3) is 0.353. The topological polar surface area (TPSA) is 34.1 Å². The fourth-order valence-electron chi connectivity index (χ4n) is 2.31. The summed E-state index contributed by atoms with van der Waals surface area (Å²) in [5, 5.41) is 3.97. The Morgan fingerprint density at radius 3 is 2.57 bits per heavy atom. The number of hydrogen-bond donors (Lipinski definition) is 1. The van der Waals surface area contributed by atoms with Crippen molar-refractivity contribution in [3.8, 4) is 5.75 Å². The molecule has 1 aromatic heterocycles. The normalized spacial score (nSPS) is 10.7. The van der Waals surface area contributed by atoms with Gasteiger partial charge in [0.25, 0.3) is 0 Å². The highest BCUT2D eigenvalue weighted by Gasteiger charge is 2.08. The molecule has 0 saturated heterocycles. The van der Waals surface area contributed by atoms with E-state index in [0.29, 0.717) is 11.6 Å². The van der Waals surface area contributed by atoms with Gasteiger partial charge in [-0.1, -0.05) is 30.7 Å². The maximum absolute atomic E-state index is 6.10. The van der Waals surface area contributed by atoms with Crippen LogP contribution in [0.2, 0.25) is 5.02 Å². The van der Waals surface area contributed by atoms with E-state index >= 15 is 0 Å². The summed E-state index contributed by atoms with van der Waals surface area (Å²) in [5.74, 6) is 0.933. The first kappa shape index (κ1) is 15.8. The highest BCUT2D eigenvalue weighted by Crippen LogP contribution is 2.26. The molecule has 0 atom stereocenters. The lowest BCUT2D eigenvalue weighted by Gasteiger charge is -2.15. The molecule has 4 heteroatoms. The van der Waals surface area contributed by atoms with Gasteiger partial charge in [0.2, 0.25) is 0 Å². The van der Waals surface area contributed by atoms with Crippen LogP contribution < -0.4 is 10.1 Å². The van der Waals surface area contributed by atoms with Gasteiger partial charge in [0.15, 0.2) is 0 Å². The predicted molar refractivity (Wildman–Crippen MR) is 86.9 cm³/mol. The Morgan fingerprint density at radius 2 is 1.95 bits per heavy atom. The third-order valence-electron chi connectivity index (χ3n) is 3.33. The van der Waals surface area contributed by atoms with E-state index in [1.54, 1.807) is 12.4 Å².